The smallest absolute Gasteiger partial charge is 0.228 e. The maximum Gasteiger partial charge on any atom is 0.228 e. The Morgan fingerprint density at radius 3 is 2.48 bits per heavy atom. The zero-order valence-corrected chi connectivity index (χ0v) is 16.2. The summed E-state index contributed by atoms with van der Waals surface area (Å²) in [4.78, 5) is 4.74. The van der Waals surface area contributed by atoms with Crippen LogP contribution in [0.4, 0.5) is 11.4 Å². The fourth-order valence-electron chi connectivity index (χ4n) is 3.61. The highest BCUT2D eigenvalue weighted by molar-refractivity contribution is 6.30. The van der Waals surface area contributed by atoms with Gasteiger partial charge in [0.05, 0.1) is 0 Å². The molecule has 0 bridgehead atoms. The summed E-state index contributed by atoms with van der Waals surface area (Å²) < 4.78 is 5.26. The Kier molecular flexibility index (Phi) is 5.10. The second-order valence-corrected chi connectivity index (χ2v) is 7.69. The molecule has 0 amide bonds. The summed E-state index contributed by atoms with van der Waals surface area (Å²) in [7, 11) is 2.15. The number of halogens is 1. The van der Waals surface area contributed by atoms with E-state index in [1.807, 2.05) is 12.1 Å². The fraction of sp³-hybridized carbons (Fsp3) is 0.333. The summed E-state index contributed by atoms with van der Waals surface area (Å²) in [6.45, 7) is 4.49. The van der Waals surface area contributed by atoms with Crippen molar-refractivity contribution in [1.29, 1.82) is 0 Å². The van der Waals surface area contributed by atoms with Gasteiger partial charge in [-0.3, -0.25) is 4.65 Å². The predicted octanol–water partition coefficient (Wildman–Crippen LogP) is 3.93. The third-order valence-corrected chi connectivity index (χ3v) is 5.52. The van der Waals surface area contributed by atoms with Gasteiger partial charge in [0.1, 0.15) is 12.2 Å². The van der Waals surface area contributed by atoms with Gasteiger partial charge in [-0.05, 0) is 31.3 Å². The summed E-state index contributed by atoms with van der Waals surface area (Å²) in [6.07, 6.45) is 2.02. The zero-order valence-electron chi connectivity index (χ0n) is 15.5. The minimum Gasteiger partial charge on any atom is -0.624 e. The Morgan fingerprint density at radius 2 is 1.74 bits per heavy atom. The average Bonchev–Trinajstić information content (AvgIpc) is 3.05. The maximum atomic E-state index is 13.2. The number of anilines is 1. The second-order valence-electron chi connectivity index (χ2n) is 7.26. The molecular formula is C21H24ClN3O2. The van der Waals surface area contributed by atoms with Crippen LogP contribution in [-0.4, -0.2) is 51.4 Å². The first-order valence-electron chi connectivity index (χ1n) is 9.24. The SMILES string of the molecule is CN1CCN(c2ccccc2/C=C2\C[N+]([O-])(c3ccc(Cl)cc3)CO2)CC1. The van der Waals surface area contributed by atoms with Crippen molar-refractivity contribution in [3.05, 3.63) is 70.1 Å². The van der Waals surface area contributed by atoms with Gasteiger partial charge in [-0.2, -0.15) is 0 Å². The van der Waals surface area contributed by atoms with Crippen molar-refractivity contribution in [3.8, 4) is 0 Å². The van der Waals surface area contributed by atoms with Gasteiger partial charge in [-0.25, -0.2) is 0 Å². The first-order valence-corrected chi connectivity index (χ1v) is 9.61. The number of hydroxylamine groups is 2. The van der Waals surface area contributed by atoms with Gasteiger partial charge < -0.3 is 19.7 Å². The lowest BCUT2D eigenvalue weighted by Gasteiger charge is -2.35. The average molecular weight is 386 g/mol. The van der Waals surface area contributed by atoms with Gasteiger partial charge in [0.25, 0.3) is 0 Å². The number of rotatable bonds is 3. The molecular weight excluding hydrogens is 362 g/mol. The van der Waals surface area contributed by atoms with Gasteiger partial charge >= 0.3 is 0 Å². The van der Waals surface area contributed by atoms with Crippen LogP contribution in [0.5, 0.6) is 0 Å². The molecule has 1 atom stereocenters. The quantitative estimate of drug-likeness (QED) is 0.593. The Balaban J connectivity index is 1.55. The molecule has 4 rings (SSSR count). The van der Waals surface area contributed by atoms with E-state index in [1.165, 1.54) is 5.69 Å². The van der Waals surface area contributed by atoms with Gasteiger partial charge in [0, 0.05) is 54.6 Å². The number of piperazine rings is 1. The third-order valence-electron chi connectivity index (χ3n) is 5.26. The van der Waals surface area contributed by atoms with E-state index in [1.54, 1.807) is 24.3 Å². The van der Waals surface area contributed by atoms with Crippen molar-refractivity contribution >= 4 is 29.1 Å². The molecule has 6 heteroatoms. The Hall–Kier alpha value is -2.05. The molecule has 2 aromatic rings. The van der Waals surface area contributed by atoms with Crippen molar-refractivity contribution in [2.24, 2.45) is 0 Å². The number of nitrogens with zero attached hydrogens (tertiary/aromatic N) is 3. The molecule has 2 aliphatic heterocycles. The van der Waals surface area contributed by atoms with Crippen molar-refractivity contribution in [3.63, 3.8) is 0 Å². The lowest BCUT2D eigenvalue weighted by molar-refractivity contribution is 0.203. The van der Waals surface area contributed by atoms with Crippen molar-refractivity contribution in [2.75, 3.05) is 51.4 Å². The summed E-state index contributed by atoms with van der Waals surface area (Å²) >= 11 is 5.94. The van der Waals surface area contributed by atoms with E-state index in [2.05, 4.69) is 35.0 Å². The van der Waals surface area contributed by atoms with Crippen LogP contribution in [0.2, 0.25) is 5.02 Å². The molecule has 5 nitrogen and oxygen atoms in total. The summed E-state index contributed by atoms with van der Waals surface area (Å²) in [5.41, 5.74) is 2.96. The topological polar surface area (TPSA) is 38.8 Å². The van der Waals surface area contributed by atoms with Gasteiger partial charge in [-0.1, -0.05) is 29.8 Å². The largest absolute Gasteiger partial charge is 0.624 e. The van der Waals surface area contributed by atoms with E-state index in [4.69, 9.17) is 16.3 Å². The summed E-state index contributed by atoms with van der Waals surface area (Å²) in [5, 5.41) is 13.8. The van der Waals surface area contributed by atoms with E-state index < -0.39 is 4.65 Å². The van der Waals surface area contributed by atoms with Crippen LogP contribution in [0.25, 0.3) is 6.08 Å². The van der Waals surface area contributed by atoms with Crippen LogP contribution < -0.4 is 9.55 Å². The van der Waals surface area contributed by atoms with Crippen molar-refractivity contribution in [1.82, 2.24) is 9.55 Å². The number of likely N-dealkylation sites (N-methyl/N-ethyl adjacent to an activating group) is 1. The van der Waals surface area contributed by atoms with E-state index in [0.29, 0.717) is 17.3 Å². The maximum absolute atomic E-state index is 13.2. The van der Waals surface area contributed by atoms with Crippen LogP contribution in [0.1, 0.15) is 5.56 Å². The number of para-hydroxylation sites is 1. The number of benzene rings is 2. The third kappa shape index (κ3) is 3.96. The van der Waals surface area contributed by atoms with E-state index in [-0.39, 0.29) is 6.73 Å². The van der Waals surface area contributed by atoms with Gasteiger partial charge in [0.2, 0.25) is 6.73 Å². The first kappa shape index (κ1) is 18.3. The highest BCUT2D eigenvalue weighted by Crippen LogP contribution is 2.32. The van der Waals surface area contributed by atoms with Crippen LogP contribution in [-0.2, 0) is 4.74 Å². The highest BCUT2D eigenvalue weighted by atomic mass is 35.5. The molecule has 0 N–H and O–H groups in total. The van der Waals surface area contributed by atoms with Crippen LogP contribution in [0.15, 0.2) is 54.3 Å². The molecule has 2 fully saturated rings. The monoisotopic (exact) mass is 385 g/mol. The second kappa shape index (κ2) is 7.52. The normalized spacial score (nSPS) is 25.0. The molecule has 0 radical (unpaired) electrons. The molecule has 1 unspecified atom stereocenters. The number of hydrogen-bond acceptors (Lipinski definition) is 4. The molecule has 27 heavy (non-hydrogen) atoms. The minimum absolute atomic E-state index is 0.0874. The molecule has 0 aromatic heterocycles. The zero-order chi connectivity index (χ0) is 18.9. The highest BCUT2D eigenvalue weighted by Gasteiger charge is 2.31. The van der Waals surface area contributed by atoms with Crippen LogP contribution in [0.3, 0.4) is 0 Å². The number of quaternary nitrogens is 1. The molecule has 142 valence electrons. The first-order chi connectivity index (χ1) is 13.0. The molecule has 2 aromatic carbocycles. The van der Waals surface area contributed by atoms with Gasteiger partial charge in [-0.15, -0.1) is 0 Å². The Labute approximate surface area is 165 Å². The number of hydrogen-bond donors (Lipinski definition) is 0. The molecule has 2 aliphatic rings. The van der Waals surface area contributed by atoms with E-state index >= 15 is 0 Å². The molecule has 0 saturated carbocycles. The molecule has 0 spiro atoms. The number of ether oxygens (including phenoxy) is 1. The Morgan fingerprint density at radius 1 is 1.04 bits per heavy atom. The lowest BCUT2D eigenvalue weighted by Crippen LogP contribution is -2.44. The molecule has 2 heterocycles. The molecule has 2 saturated heterocycles. The van der Waals surface area contributed by atoms with E-state index in [0.717, 1.165) is 37.5 Å². The van der Waals surface area contributed by atoms with Crippen molar-refractivity contribution < 1.29 is 4.74 Å². The predicted molar refractivity (Wildman–Crippen MR) is 112 cm³/mol. The van der Waals surface area contributed by atoms with Crippen molar-refractivity contribution in [2.45, 2.75) is 0 Å². The standard InChI is InChI=1S/C21H24ClN3O2/c1-23-10-12-24(13-11-23)21-5-3-2-4-17(21)14-20-15-25(26,16-27-20)19-8-6-18(22)7-9-19/h2-9,14H,10-13,15-16H2,1H3/b20-14+. The minimum atomic E-state index is -0.514. The lowest BCUT2D eigenvalue weighted by atomic mass is 10.1. The summed E-state index contributed by atoms with van der Waals surface area (Å²) in [5.74, 6) is 0.724. The Bertz CT molecular complexity index is 832. The van der Waals surface area contributed by atoms with Gasteiger partial charge in [0.15, 0.2) is 5.76 Å². The molecule has 0 aliphatic carbocycles. The van der Waals surface area contributed by atoms with E-state index in [9.17, 15) is 5.21 Å². The fourth-order valence-corrected chi connectivity index (χ4v) is 3.74. The summed E-state index contributed by atoms with van der Waals surface area (Å²) in [6, 6.07) is 15.4. The van der Waals surface area contributed by atoms with Crippen LogP contribution in [0, 0.1) is 5.21 Å². The van der Waals surface area contributed by atoms with Crippen LogP contribution >= 0.6 is 11.6 Å².